The van der Waals surface area contributed by atoms with Gasteiger partial charge in [-0.25, -0.2) is 9.37 Å². The Balaban J connectivity index is 2.39. The van der Waals surface area contributed by atoms with Gasteiger partial charge in [-0.2, -0.15) is 0 Å². The summed E-state index contributed by atoms with van der Waals surface area (Å²) in [5, 5.41) is 8.76. The normalized spacial score (nSPS) is 10.4. The number of rotatable bonds is 2. The molecule has 2 rings (SSSR count). The van der Waals surface area contributed by atoms with Crippen molar-refractivity contribution >= 4 is 0 Å². The lowest BCUT2D eigenvalue weighted by Gasteiger charge is -1.93. The van der Waals surface area contributed by atoms with Crippen molar-refractivity contribution in [2.75, 3.05) is 0 Å². The van der Waals surface area contributed by atoms with E-state index in [1.807, 2.05) is 0 Å². The maximum Gasteiger partial charge on any atom is 0.226 e. The molecular weight excluding hydrogens is 185 g/mol. The monoisotopic (exact) mass is 193 g/mol. The minimum Gasteiger partial charge on any atom is -0.444 e. The van der Waals surface area contributed by atoms with Gasteiger partial charge in [-0.15, -0.1) is 0 Å². The molecule has 4 heteroatoms. The molecule has 1 N–H and O–H groups in total. The molecule has 0 aliphatic carbocycles. The first-order chi connectivity index (χ1) is 6.79. The summed E-state index contributed by atoms with van der Waals surface area (Å²) in [4.78, 5) is 3.96. The van der Waals surface area contributed by atoms with Crippen molar-refractivity contribution < 1.29 is 13.9 Å². The molecule has 2 aromatic rings. The third-order valence-corrected chi connectivity index (χ3v) is 1.79. The Bertz CT molecular complexity index is 439. The van der Waals surface area contributed by atoms with E-state index in [2.05, 4.69) is 4.98 Å². The molecular formula is C10H8FNO2. The molecule has 0 saturated carbocycles. The highest BCUT2D eigenvalue weighted by Crippen LogP contribution is 2.19. The van der Waals surface area contributed by atoms with Crippen molar-refractivity contribution in [3.05, 3.63) is 42.0 Å². The highest BCUT2D eigenvalue weighted by atomic mass is 19.1. The molecule has 72 valence electrons. The summed E-state index contributed by atoms with van der Waals surface area (Å²) in [6.07, 6.45) is 1.35. The summed E-state index contributed by atoms with van der Waals surface area (Å²) in [5.41, 5.74) is 0.994. The summed E-state index contributed by atoms with van der Waals surface area (Å²) >= 11 is 0. The van der Waals surface area contributed by atoms with Gasteiger partial charge >= 0.3 is 0 Å². The van der Waals surface area contributed by atoms with Crippen molar-refractivity contribution in [1.29, 1.82) is 0 Å². The van der Waals surface area contributed by atoms with Crippen LogP contribution in [0.3, 0.4) is 0 Å². The fourth-order valence-electron chi connectivity index (χ4n) is 1.13. The summed E-state index contributed by atoms with van der Waals surface area (Å²) in [6.45, 7) is -0.182. The lowest BCUT2D eigenvalue weighted by atomic mass is 10.2. The van der Waals surface area contributed by atoms with Crippen LogP contribution in [-0.4, -0.2) is 10.1 Å². The van der Waals surface area contributed by atoms with Crippen LogP contribution in [0, 0.1) is 5.82 Å². The lowest BCUT2D eigenvalue weighted by Crippen LogP contribution is -1.83. The molecule has 1 aromatic heterocycles. The van der Waals surface area contributed by atoms with Crippen LogP contribution in [0.15, 0.2) is 34.9 Å². The van der Waals surface area contributed by atoms with Crippen LogP contribution in [0.2, 0.25) is 0 Å². The standard InChI is InChI=1S/C10H8FNO2/c11-8-3-1-2-7(4-8)10-12-9(5-13)6-14-10/h1-4,6,13H,5H2. The summed E-state index contributed by atoms with van der Waals surface area (Å²) in [6, 6.07) is 5.94. The smallest absolute Gasteiger partial charge is 0.226 e. The lowest BCUT2D eigenvalue weighted by molar-refractivity contribution is 0.276. The van der Waals surface area contributed by atoms with Crippen LogP contribution in [0.4, 0.5) is 4.39 Å². The zero-order valence-electron chi connectivity index (χ0n) is 7.27. The fourth-order valence-corrected chi connectivity index (χ4v) is 1.13. The van der Waals surface area contributed by atoms with Gasteiger partial charge < -0.3 is 9.52 Å². The molecule has 0 spiro atoms. The van der Waals surface area contributed by atoms with Crippen molar-refractivity contribution in [2.24, 2.45) is 0 Å². The van der Waals surface area contributed by atoms with Crippen molar-refractivity contribution in [1.82, 2.24) is 4.98 Å². The van der Waals surface area contributed by atoms with E-state index in [9.17, 15) is 4.39 Å². The summed E-state index contributed by atoms with van der Waals surface area (Å²) in [5.74, 6) is -0.0280. The van der Waals surface area contributed by atoms with Crippen LogP contribution >= 0.6 is 0 Å². The number of benzene rings is 1. The first-order valence-corrected chi connectivity index (χ1v) is 4.11. The average Bonchev–Trinajstić information content (AvgIpc) is 2.66. The predicted molar refractivity (Wildman–Crippen MR) is 47.8 cm³/mol. The molecule has 0 saturated heterocycles. The number of aliphatic hydroxyl groups is 1. The Morgan fingerprint density at radius 2 is 2.29 bits per heavy atom. The van der Waals surface area contributed by atoms with Gasteiger partial charge in [-0.05, 0) is 18.2 Å². The van der Waals surface area contributed by atoms with E-state index in [1.165, 1.54) is 18.4 Å². The van der Waals surface area contributed by atoms with Gasteiger partial charge in [0, 0.05) is 5.56 Å². The highest BCUT2D eigenvalue weighted by molar-refractivity contribution is 5.52. The van der Waals surface area contributed by atoms with Crippen LogP contribution < -0.4 is 0 Å². The van der Waals surface area contributed by atoms with Gasteiger partial charge in [0.1, 0.15) is 17.8 Å². The molecule has 0 unspecified atom stereocenters. The van der Waals surface area contributed by atoms with Gasteiger partial charge in [0.25, 0.3) is 0 Å². The van der Waals surface area contributed by atoms with Crippen LogP contribution in [0.1, 0.15) is 5.69 Å². The minimum absolute atomic E-state index is 0.182. The second-order valence-electron chi connectivity index (χ2n) is 2.81. The topological polar surface area (TPSA) is 46.3 Å². The van der Waals surface area contributed by atoms with E-state index in [1.54, 1.807) is 12.1 Å². The first-order valence-electron chi connectivity index (χ1n) is 4.11. The predicted octanol–water partition coefficient (Wildman–Crippen LogP) is 1.97. The van der Waals surface area contributed by atoms with E-state index in [4.69, 9.17) is 9.52 Å². The molecule has 3 nitrogen and oxygen atoms in total. The largest absolute Gasteiger partial charge is 0.444 e. The quantitative estimate of drug-likeness (QED) is 0.793. The number of nitrogens with zero attached hydrogens (tertiary/aromatic N) is 1. The van der Waals surface area contributed by atoms with E-state index in [-0.39, 0.29) is 12.4 Å². The Morgan fingerprint density at radius 3 is 2.93 bits per heavy atom. The van der Waals surface area contributed by atoms with Crippen molar-refractivity contribution in [3.63, 3.8) is 0 Å². The second-order valence-corrected chi connectivity index (χ2v) is 2.81. The van der Waals surface area contributed by atoms with Gasteiger partial charge in [0.05, 0.1) is 6.61 Å². The third kappa shape index (κ3) is 1.65. The highest BCUT2D eigenvalue weighted by Gasteiger charge is 2.06. The molecule has 0 amide bonds. The molecule has 0 aliphatic heterocycles. The SMILES string of the molecule is OCc1coc(-c2cccc(F)c2)n1. The van der Waals surface area contributed by atoms with E-state index >= 15 is 0 Å². The molecule has 0 aliphatic rings. The zero-order valence-corrected chi connectivity index (χ0v) is 7.27. The number of oxazole rings is 1. The van der Waals surface area contributed by atoms with Crippen molar-refractivity contribution in [2.45, 2.75) is 6.61 Å². The fraction of sp³-hybridized carbons (Fsp3) is 0.100. The van der Waals surface area contributed by atoms with Crippen LogP contribution in [0.5, 0.6) is 0 Å². The Hall–Kier alpha value is -1.68. The van der Waals surface area contributed by atoms with Crippen molar-refractivity contribution in [3.8, 4) is 11.5 Å². The van der Waals surface area contributed by atoms with Gasteiger partial charge in [-0.1, -0.05) is 6.07 Å². The van der Waals surface area contributed by atoms with Gasteiger partial charge in [-0.3, -0.25) is 0 Å². The Morgan fingerprint density at radius 1 is 1.43 bits per heavy atom. The number of halogens is 1. The number of hydrogen-bond donors (Lipinski definition) is 1. The number of hydrogen-bond acceptors (Lipinski definition) is 3. The molecule has 14 heavy (non-hydrogen) atoms. The Labute approximate surface area is 79.8 Å². The first kappa shape index (κ1) is 8.90. The zero-order chi connectivity index (χ0) is 9.97. The third-order valence-electron chi connectivity index (χ3n) is 1.79. The number of aliphatic hydroxyl groups excluding tert-OH is 1. The molecule has 0 atom stereocenters. The summed E-state index contributed by atoms with van der Waals surface area (Å²) < 4.78 is 17.9. The van der Waals surface area contributed by atoms with E-state index in [0.29, 0.717) is 17.1 Å². The Kier molecular flexibility index (Phi) is 2.28. The van der Waals surface area contributed by atoms with Crippen LogP contribution in [0.25, 0.3) is 11.5 Å². The van der Waals surface area contributed by atoms with Gasteiger partial charge in [0.2, 0.25) is 5.89 Å². The van der Waals surface area contributed by atoms with E-state index < -0.39 is 0 Å². The van der Waals surface area contributed by atoms with Gasteiger partial charge in [0.15, 0.2) is 0 Å². The average molecular weight is 193 g/mol. The maximum atomic E-state index is 12.8. The molecule has 0 bridgehead atoms. The summed E-state index contributed by atoms with van der Waals surface area (Å²) in [7, 11) is 0. The minimum atomic E-state index is -0.341. The van der Waals surface area contributed by atoms with Crippen LogP contribution in [-0.2, 0) is 6.61 Å². The van der Waals surface area contributed by atoms with E-state index in [0.717, 1.165) is 0 Å². The molecule has 0 fully saturated rings. The maximum absolute atomic E-state index is 12.8. The molecule has 1 aromatic carbocycles. The number of aromatic nitrogens is 1. The second kappa shape index (κ2) is 3.59. The molecule has 0 radical (unpaired) electrons. The molecule has 1 heterocycles.